The molecule has 1 amide bonds. The van der Waals surface area contributed by atoms with Gasteiger partial charge in [-0.25, -0.2) is 18.2 Å². The van der Waals surface area contributed by atoms with E-state index in [9.17, 15) is 22.8 Å². The van der Waals surface area contributed by atoms with Gasteiger partial charge in [-0.05, 0) is 38.5 Å². The zero-order valence-corrected chi connectivity index (χ0v) is 22.1. The minimum atomic E-state index is -1.32. The third-order valence-electron chi connectivity index (χ3n) is 5.55. The van der Waals surface area contributed by atoms with Crippen molar-refractivity contribution in [3.8, 4) is 5.88 Å². The number of rotatable bonds is 10. The molecular weight excluding hydrogens is 517 g/mol. The molecule has 200 valence electrons. The Morgan fingerprint density at radius 3 is 2.50 bits per heavy atom. The Morgan fingerprint density at radius 1 is 1.16 bits per heavy atom. The van der Waals surface area contributed by atoms with Gasteiger partial charge in [0, 0.05) is 48.6 Å². The molecule has 3 rings (SSSR count). The summed E-state index contributed by atoms with van der Waals surface area (Å²) < 4.78 is 46.9. The number of allylic oxidation sites excluding steroid dienone is 1. The van der Waals surface area contributed by atoms with Crippen LogP contribution in [0.25, 0.3) is 0 Å². The Kier molecular flexibility index (Phi) is 9.89. The lowest BCUT2D eigenvalue weighted by molar-refractivity contribution is 0.0953. The number of ketones is 1. The van der Waals surface area contributed by atoms with Crippen molar-refractivity contribution in [2.75, 3.05) is 20.2 Å². The van der Waals surface area contributed by atoms with Gasteiger partial charge in [0.1, 0.15) is 28.2 Å². The summed E-state index contributed by atoms with van der Waals surface area (Å²) >= 11 is 1.38. The molecule has 2 heterocycles. The van der Waals surface area contributed by atoms with Crippen LogP contribution in [0, 0.1) is 17.5 Å². The van der Waals surface area contributed by atoms with Crippen LogP contribution in [0.15, 0.2) is 58.2 Å². The van der Waals surface area contributed by atoms with Gasteiger partial charge in [0.05, 0.1) is 17.7 Å². The van der Waals surface area contributed by atoms with E-state index in [-0.39, 0.29) is 17.8 Å². The predicted molar refractivity (Wildman–Crippen MR) is 141 cm³/mol. The molecule has 1 aromatic carbocycles. The summed E-state index contributed by atoms with van der Waals surface area (Å²) in [6.45, 7) is 6.41. The zero-order chi connectivity index (χ0) is 27.8. The van der Waals surface area contributed by atoms with Gasteiger partial charge in [-0.15, -0.1) is 0 Å². The molecule has 0 bridgehead atoms. The maximum Gasteiger partial charge on any atom is 0.267 e. The van der Waals surface area contributed by atoms with E-state index in [1.165, 1.54) is 24.0 Å². The summed E-state index contributed by atoms with van der Waals surface area (Å²) in [5.74, 6) is -4.87. The number of aliphatic imine (C=N–C) groups is 1. The fourth-order valence-corrected chi connectivity index (χ4v) is 4.48. The first kappa shape index (κ1) is 28.7. The molecular formula is C27H27F3N4O3S. The SMILES string of the molecule is CCOc1ncccc1C(=NC)SC(CNC(=O)c1cc(C(=O)c2c(F)cc(F)cc2F)c[nH]1)=C(C)CC. The number of hydrogen-bond acceptors (Lipinski definition) is 6. The van der Waals surface area contributed by atoms with Gasteiger partial charge in [-0.3, -0.25) is 14.6 Å². The topological polar surface area (TPSA) is 96.4 Å². The first-order valence-corrected chi connectivity index (χ1v) is 12.6. The lowest BCUT2D eigenvalue weighted by Crippen LogP contribution is -2.26. The van der Waals surface area contributed by atoms with Crippen molar-refractivity contribution in [2.24, 2.45) is 4.99 Å². The Bertz CT molecular complexity index is 1380. The van der Waals surface area contributed by atoms with E-state index >= 15 is 0 Å². The van der Waals surface area contributed by atoms with E-state index in [1.807, 2.05) is 26.8 Å². The molecule has 2 aromatic heterocycles. The van der Waals surface area contributed by atoms with E-state index in [0.29, 0.717) is 29.7 Å². The molecule has 0 fully saturated rings. The molecule has 0 aliphatic rings. The van der Waals surface area contributed by atoms with Crippen LogP contribution in [-0.4, -0.2) is 46.9 Å². The number of nitrogens with one attached hydrogen (secondary N) is 2. The van der Waals surface area contributed by atoms with Crippen LogP contribution < -0.4 is 10.1 Å². The Morgan fingerprint density at radius 2 is 1.87 bits per heavy atom. The minimum Gasteiger partial charge on any atom is -0.477 e. The number of thioether (sulfide) groups is 1. The standard InChI is InChI=1S/C27H27F3N4O3S/c1-5-15(3)22(38-27(31-4)18-8-7-9-32-26(18)37-6-2)14-34-25(36)21-10-16(13-33-21)24(35)23-19(29)11-17(28)12-20(23)30/h7-13,33H,5-6,14H2,1-4H3,(H,34,36). The number of halogens is 3. The Balaban J connectivity index is 1.76. The molecule has 0 saturated heterocycles. The van der Waals surface area contributed by atoms with Crippen molar-refractivity contribution in [1.29, 1.82) is 0 Å². The first-order valence-electron chi connectivity index (χ1n) is 11.8. The number of H-pyrrole nitrogens is 1. The van der Waals surface area contributed by atoms with Gasteiger partial charge < -0.3 is 15.0 Å². The number of carbonyl (C=O) groups is 2. The van der Waals surface area contributed by atoms with Gasteiger partial charge in [0.15, 0.2) is 5.78 Å². The lowest BCUT2D eigenvalue weighted by atomic mass is 10.0. The second-order valence-electron chi connectivity index (χ2n) is 8.04. The molecule has 0 atom stereocenters. The number of aromatic amines is 1. The number of nitrogens with zero attached hydrogens (tertiary/aromatic N) is 2. The fraction of sp³-hybridized carbons (Fsp3) is 0.259. The summed E-state index contributed by atoms with van der Waals surface area (Å²) in [6.07, 6.45) is 3.53. The summed E-state index contributed by atoms with van der Waals surface area (Å²) in [4.78, 5) is 37.6. The number of carbonyl (C=O) groups excluding carboxylic acids is 2. The van der Waals surface area contributed by atoms with Crippen LogP contribution in [0.2, 0.25) is 0 Å². The monoisotopic (exact) mass is 544 g/mol. The van der Waals surface area contributed by atoms with Gasteiger partial charge in [0.2, 0.25) is 5.88 Å². The largest absolute Gasteiger partial charge is 0.477 e. The zero-order valence-electron chi connectivity index (χ0n) is 21.3. The van der Waals surface area contributed by atoms with Crippen molar-refractivity contribution in [1.82, 2.24) is 15.3 Å². The maximum atomic E-state index is 14.0. The molecule has 7 nitrogen and oxygen atoms in total. The highest BCUT2D eigenvalue weighted by Crippen LogP contribution is 2.29. The number of benzene rings is 1. The van der Waals surface area contributed by atoms with E-state index in [0.717, 1.165) is 22.5 Å². The van der Waals surface area contributed by atoms with Crippen LogP contribution in [0.5, 0.6) is 5.88 Å². The van der Waals surface area contributed by atoms with Gasteiger partial charge in [-0.1, -0.05) is 24.3 Å². The van der Waals surface area contributed by atoms with E-state index in [1.54, 1.807) is 19.3 Å². The van der Waals surface area contributed by atoms with Crippen LogP contribution in [-0.2, 0) is 0 Å². The molecule has 38 heavy (non-hydrogen) atoms. The maximum absolute atomic E-state index is 14.0. The normalized spacial score (nSPS) is 12.2. The van der Waals surface area contributed by atoms with Crippen molar-refractivity contribution in [3.05, 3.63) is 93.0 Å². The quantitative estimate of drug-likeness (QED) is 0.195. The molecule has 3 aromatic rings. The van der Waals surface area contributed by atoms with Crippen LogP contribution >= 0.6 is 11.8 Å². The van der Waals surface area contributed by atoms with E-state index in [2.05, 4.69) is 20.3 Å². The summed E-state index contributed by atoms with van der Waals surface area (Å²) in [5, 5.41) is 3.46. The van der Waals surface area contributed by atoms with E-state index in [4.69, 9.17) is 4.74 Å². The average molecular weight is 545 g/mol. The van der Waals surface area contributed by atoms with Crippen molar-refractivity contribution in [2.45, 2.75) is 27.2 Å². The summed E-state index contributed by atoms with van der Waals surface area (Å²) in [6, 6.07) is 5.68. The second kappa shape index (κ2) is 13.1. The van der Waals surface area contributed by atoms with E-state index < -0.39 is 34.7 Å². The van der Waals surface area contributed by atoms with Crippen LogP contribution in [0.4, 0.5) is 13.2 Å². The third-order valence-corrected chi connectivity index (χ3v) is 6.88. The number of amides is 1. The minimum absolute atomic E-state index is 0.0186. The highest BCUT2D eigenvalue weighted by molar-refractivity contribution is 8.17. The molecule has 0 radical (unpaired) electrons. The number of aromatic nitrogens is 2. The molecule has 0 aliphatic heterocycles. The average Bonchev–Trinajstić information content (AvgIpc) is 3.39. The Labute approximate surface area is 222 Å². The van der Waals surface area contributed by atoms with Gasteiger partial charge >= 0.3 is 0 Å². The highest BCUT2D eigenvalue weighted by atomic mass is 32.2. The molecule has 11 heteroatoms. The van der Waals surface area contributed by atoms with Crippen molar-refractivity contribution in [3.63, 3.8) is 0 Å². The van der Waals surface area contributed by atoms with Crippen LogP contribution in [0.1, 0.15) is 59.2 Å². The summed E-state index contributed by atoms with van der Waals surface area (Å²) in [7, 11) is 1.66. The number of pyridine rings is 1. The summed E-state index contributed by atoms with van der Waals surface area (Å²) in [5.41, 5.74) is 0.732. The lowest BCUT2D eigenvalue weighted by Gasteiger charge is -2.15. The highest BCUT2D eigenvalue weighted by Gasteiger charge is 2.23. The predicted octanol–water partition coefficient (Wildman–Crippen LogP) is 5.68. The molecule has 2 N–H and O–H groups in total. The molecule has 0 unspecified atom stereocenters. The second-order valence-corrected chi connectivity index (χ2v) is 9.12. The number of ether oxygens (including phenoxy) is 1. The third kappa shape index (κ3) is 6.71. The molecule has 0 saturated carbocycles. The molecule has 0 spiro atoms. The first-order chi connectivity index (χ1) is 18.2. The van der Waals surface area contributed by atoms with Gasteiger partial charge in [-0.2, -0.15) is 0 Å². The number of hydrogen-bond donors (Lipinski definition) is 2. The van der Waals surface area contributed by atoms with Crippen molar-refractivity contribution < 1.29 is 27.5 Å². The van der Waals surface area contributed by atoms with Crippen molar-refractivity contribution >= 4 is 28.5 Å². The smallest absolute Gasteiger partial charge is 0.267 e. The Hall–Kier alpha value is -3.86. The molecule has 0 aliphatic carbocycles. The van der Waals surface area contributed by atoms with Gasteiger partial charge in [0.25, 0.3) is 5.91 Å². The van der Waals surface area contributed by atoms with Crippen LogP contribution in [0.3, 0.4) is 0 Å². The fourth-order valence-electron chi connectivity index (χ4n) is 3.43.